The highest BCUT2D eigenvalue weighted by Gasteiger charge is 2.03. The van der Waals surface area contributed by atoms with E-state index < -0.39 is 0 Å². The topological polar surface area (TPSA) is 58.2 Å². The van der Waals surface area contributed by atoms with E-state index in [1.54, 1.807) is 0 Å². The van der Waals surface area contributed by atoms with Gasteiger partial charge in [-0.1, -0.05) is 79.8 Å². The molecule has 0 aromatic rings. The number of hydrogen-bond donors (Lipinski definition) is 2. The molecule has 0 unspecified atom stereocenters. The summed E-state index contributed by atoms with van der Waals surface area (Å²) in [5.41, 5.74) is 0. The molecule has 34 heavy (non-hydrogen) atoms. The van der Waals surface area contributed by atoms with Crippen LogP contribution in [0.2, 0.25) is 0 Å². The third-order valence-electron chi connectivity index (χ3n) is 4.97. The van der Waals surface area contributed by atoms with E-state index in [4.69, 9.17) is 0 Å². The standard InChI is InChI=1S/C30H48N2O2/c1-4-5-6-7-8-9-10-11-12-13-14-15-16-17-18-19-20-21-22-26-30(34)31-27-24-23-25-28(2)32-29(3)33/h5-6,8-9,11-12,14-15,17-18,20-21,28H,4,7,10,13,16,19,22-27H2,1-3H3,(H,31,34)(H,32,33)/b6-5-,9-8-,12-11-,15-14-,18-17-,21-20-/t28-/m1/s1. The molecule has 4 nitrogen and oxygen atoms in total. The van der Waals surface area contributed by atoms with E-state index in [-0.39, 0.29) is 17.9 Å². The molecule has 190 valence electrons. The molecule has 0 radical (unpaired) electrons. The van der Waals surface area contributed by atoms with Crippen LogP contribution in [0, 0.1) is 0 Å². The lowest BCUT2D eigenvalue weighted by Gasteiger charge is -2.12. The maximum Gasteiger partial charge on any atom is 0.220 e. The summed E-state index contributed by atoms with van der Waals surface area (Å²) < 4.78 is 0. The largest absolute Gasteiger partial charge is 0.356 e. The van der Waals surface area contributed by atoms with Crippen molar-refractivity contribution in [3.05, 3.63) is 72.9 Å². The number of allylic oxidation sites excluding steroid dienone is 12. The van der Waals surface area contributed by atoms with Crippen LogP contribution in [-0.4, -0.2) is 24.4 Å². The van der Waals surface area contributed by atoms with Gasteiger partial charge in [-0.15, -0.1) is 0 Å². The smallest absolute Gasteiger partial charge is 0.220 e. The van der Waals surface area contributed by atoms with E-state index in [0.29, 0.717) is 13.0 Å². The molecule has 0 aliphatic rings. The first-order chi connectivity index (χ1) is 16.6. The molecule has 0 aliphatic heterocycles. The van der Waals surface area contributed by atoms with Gasteiger partial charge in [-0.05, 0) is 71.1 Å². The van der Waals surface area contributed by atoms with Crippen LogP contribution in [0.25, 0.3) is 0 Å². The zero-order valence-electron chi connectivity index (χ0n) is 21.8. The summed E-state index contributed by atoms with van der Waals surface area (Å²) in [6, 6.07) is 0.196. The Morgan fingerprint density at radius 1 is 0.706 bits per heavy atom. The maximum atomic E-state index is 11.8. The third kappa shape index (κ3) is 25.6. The molecule has 0 rings (SSSR count). The molecule has 2 N–H and O–H groups in total. The summed E-state index contributed by atoms with van der Waals surface area (Å²) in [6.45, 7) is 6.40. The van der Waals surface area contributed by atoms with Gasteiger partial charge in [0.15, 0.2) is 0 Å². The number of hydrogen-bond acceptors (Lipinski definition) is 2. The van der Waals surface area contributed by atoms with Crippen molar-refractivity contribution in [3.8, 4) is 0 Å². The number of carbonyl (C=O) groups excluding carboxylic acids is 2. The molecule has 0 aromatic carbocycles. The van der Waals surface area contributed by atoms with Gasteiger partial charge in [0.25, 0.3) is 0 Å². The summed E-state index contributed by atoms with van der Waals surface area (Å²) in [6.07, 6.45) is 36.3. The Morgan fingerprint density at radius 3 is 1.65 bits per heavy atom. The van der Waals surface area contributed by atoms with E-state index in [2.05, 4.69) is 90.5 Å². The van der Waals surface area contributed by atoms with Crippen molar-refractivity contribution in [1.29, 1.82) is 0 Å². The van der Waals surface area contributed by atoms with Crippen LogP contribution in [-0.2, 0) is 9.59 Å². The van der Waals surface area contributed by atoms with E-state index >= 15 is 0 Å². The molecule has 0 bridgehead atoms. The van der Waals surface area contributed by atoms with Crippen LogP contribution in [0.4, 0.5) is 0 Å². The fourth-order valence-electron chi connectivity index (χ4n) is 3.16. The molecule has 0 aliphatic carbocycles. The fourth-order valence-corrected chi connectivity index (χ4v) is 3.16. The van der Waals surface area contributed by atoms with Crippen LogP contribution in [0.3, 0.4) is 0 Å². The molecule has 0 spiro atoms. The average molecular weight is 469 g/mol. The second kappa shape index (κ2) is 25.0. The van der Waals surface area contributed by atoms with Gasteiger partial charge in [0.05, 0.1) is 0 Å². The zero-order valence-corrected chi connectivity index (χ0v) is 21.8. The van der Waals surface area contributed by atoms with Crippen LogP contribution < -0.4 is 10.6 Å². The number of nitrogens with one attached hydrogen (secondary N) is 2. The summed E-state index contributed by atoms with van der Waals surface area (Å²) in [5.74, 6) is 0.115. The monoisotopic (exact) mass is 468 g/mol. The third-order valence-corrected chi connectivity index (χ3v) is 4.97. The predicted molar refractivity (Wildman–Crippen MR) is 148 cm³/mol. The number of rotatable bonds is 20. The Kier molecular flexibility index (Phi) is 23.1. The van der Waals surface area contributed by atoms with Crippen molar-refractivity contribution in [2.24, 2.45) is 0 Å². The number of carbonyl (C=O) groups is 2. The Balaban J connectivity index is 3.58. The summed E-state index contributed by atoms with van der Waals surface area (Å²) in [4.78, 5) is 22.8. The summed E-state index contributed by atoms with van der Waals surface area (Å²) >= 11 is 0. The highest BCUT2D eigenvalue weighted by atomic mass is 16.2. The van der Waals surface area contributed by atoms with E-state index in [1.807, 2.05) is 6.92 Å². The SMILES string of the molecule is CC/C=C\C/C=C\C/C=C\C/C=C\C/C=C\C/C=C\CCC(=O)NCCCC[C@@H](C)NC(C)=O. The molecular weight excluding hydrogens is 420 g/mol. The Labute approximate surface area is 209 Å². The van der Waals surface area contributed by atoms with Gasteiger partial charge >= 0.3 is 0 Å². The fraction of sp³-hybridized carbons (Fsp3) is 0.533. The molecule has 0 fully saturated rings. The highest BCUT2D eigenvalue weighted by molar-refractivity contribution is 5.75. The van der Waals surface area contributed by atoms with Crippen LogP contribution in [0.1, 0.15) is 91.4 Å². The minimum Gasteiger partial charge on any atom is -0.356 e. The molecular formula is C30H48N2O2. The van der Waals surface area contributed by atoms with Crippen molar-refractivity contribution in [2.75, 3.05) is 6.54 Å². The van der Waals surface area contributed by atoms with Gasteiger partial charge in [0, 0.05) is 25.9 Å². The van der Waals surface area contributed by atoms with Crippen molar-refractivity contribution < 1.29 is 9.59 Å². The Morgan fingerprint density at radius 2 is 1.18 bits per heavy atom. The molecule has 0 saturated heterocycles. The number of unbranched alkanes of at least 4 members (excludes halogenated alkanes) is 1. The average Bonchev–Trinajstić information content (AvgIpc) is 2.80. The van der Waals surface area contributed by atoms with Crippen molar-refractivity contribution >= 4 is 11.8 Å². The van der Waals surface area contributed by atoms with Gasteiger partial charge in [0.1, 0.15) is 0 Å². The maximum absolute atomic E-state index is 11.8. The lowest BCUT2D eigenvalue weighted by atomic mass is 10.1. The molecule has 1 atom stereocenters. The lowest BCUT2D eigenvalue weighted by Crippen LogP contribution is -2.30. The Bertz CT molecular complexity index is 684. The second-order valence-corrected chi connectivity index (χ2v) is 8.40. The van der Waals surface area contributed by atoms with Gasteiger partial charge in [-0.25, -0.2) is 0 Å². The quantitative estimate of drug-likeness (QED) is 0.146. The lowest BCUT2D eigenvalue weighted by molar-refractivity contribution is -0.121. The molecule has 2 amide bonds. The van der Waals surface area contributed by atoms with Crippen molar-refractivity contribution in [1.82, 2.24) is 10.6 Å². The minimum atomic E-state index is 0.00945. The summed E-state index contributed by atoms with van der Waals surface area (Å²) in [5, 5.41) is 5.84. The highest BCUT2D eigenvalue weighted by Crippen LogP contribution is 2.01. The van der Waals surface area contributed by atoms with Crippen LogP contribution >= 0.6 is 0 Å². The first-order valence-electron chi connectivity index (χ1n) is 13.0. The van der Waals surface area contributed by atoms with Gasteiger partial charge in [0.2, 0.25) is 11.8 Å². The number of amides is 2. The van der Waals surface area contributed by atoms with Crippen LogP contribution in [0.15, 0.2) is 72.9 Å². The van der Waals surface area contributed by atoms with Gasteiger partial charge in [-0.3, -0.25) is 9.59 Å². The molecule has 0 aromatic heterocycles. The zero-order chi connectivity index (χ0) is 25.1. The van der Waals surface area contributed by atoms with Crippen molar-refractivity contribution in [2.45, 2.75) is 97.4 Å². The predicted octanol–water partition coefficient (Wildman–Crippen LogP) is 7.28. The molecule has 0 heterocycles. The second-order valence-electron chi connectivity index (χ2n) is 8.40. The first kappa shape index (κ1) is 31.4. The summed E-state index contributed by atoms with van der Waals surface area (Å²) in [7, 11) is 0. The van der Waals surface area contributed by atoms with E-state index in [9.17, 15) is 9.59 Å². The Hall–Kier alpha value is -2.62. The molecule has 4 heteroatoms. The first-order valence-corrected chi connectivity index (χ1v) is 13.0. The minimum absolute atomic E-state index is 0.00945. The van der Waals surface area contributed by atoms with Gasteiger partial charge < -0.3 is 10.6 Å². The molecule has 0 saturated carbocycles. The van der Waals surface area contributed by atoms with E-state index in [0.717, 1.165) is 64.2 Å². The van der Waals surface area contributed by atoms with E-state index in [1.165, 1.54) is 6.92 Å². The normalized spacial score (nSPS) is 13.4. The van der Waals surface area contributed by atoms with Crippen LogP contribution in [0.5, 0.6) is 0 Å². The van der Waals surface area contributed by atoms with Crippen molar-refractivity contribution in [3.63, 3.8) is 0 Å². The van der Waals surface area contributed by atoms with Gasteiger partial charge in [-0.2, -0.15) is 0 Å².